The third-order valence-electron chi connectivity index (χ3n) is 6.04. The molecule has 0 unspecified atom stereocenters. The molecule has 5 rings (SSSR count). The molecule has 5 aromatic rings. The van der Waals surface area contributed by atoms with Gasteiger partial charge in [-0.3, -0.25) is 14.8 Å². The molecule has 0 aliphatic rings. The Labute approximate surface area is 227 Å². The fourth-order valence-corrected chi connectivity index (χ4v) is 3.99. The van der Waals surface area contributed by atoms with Gasteiger partial charge in [-0.25, -0.2) is 15.0 Å². The molecule has 0 radical (unpaired) electrons. The van der Waals surface area contributed by atoms with E-state index in [2.05, 4.69) is 35.6 Å². The maximum Gasteiger partial charge on any atom is 0.416 e. The first kappa shape index (κ1) is 26.5. The van der Waals surface area contributed by atoms with Crippen molar-refractivity contribution < 1.29 is 18.0 Å². The second kappa shape index (κ2) is 10.6. The van der Waals surface area contributed by atoms with Gasteiger partial charge >= 0.3 is 6.18 Å². The van der Waals surface area contributed by atoms with Gasteiger partial charge in [-0.15, -0.1) is 0 Å². The van der Waals surface area contributed by atoms with Crippen LogP contribution in [0, 0.1) is 20.8 Å². The Kier molecular flexibility index (Phi) is 6.99. The average Bonchev–Trinajstić information content (AvgIpc) is 3.36. The van der Waals surface area contributed by atoms with E-state index < -0.39 is 17.6 Å². The van der Waals surface area contributed by atoms with Crippen LogP contribution >= 0.6 is 0 Å². The summed E-state index contributed by atoms with van der Waals surface area (Å²) in [5.41, 5.74) is 3.44. The third kappa shape index (κ3) is 5.80. The van der Waals surface area contributed by atoms with Crippen LogP contribution in [0.5, 0.6) is 0 Å². The van der Waals surface area contributed by atoms with Crippen LogP contribution < -0.4 is 10.6 Å². The van der Waals surface area contributed by atoms with Crippen molar-refractivity contribution in [2.24, 2.45) is 0 Å². The zero-order chi connectivity index (χ0) is 28.4. The summed E-state index contributed by atoms with van der Waals surface area (Å²) in [4.78, 5) is 34.6. The van der Waals surface area contributed by atoms with Crippen molar-refractivity contribution in [2.75, 3.05) is 10.6 Å². The van der Waals surface area contributed by atoms with E-state index in [1.807, 2.05) is 13.8 Å². The van der Waals surface area contributed by atoms with Crippen molar-refractivity contribution in [1.82, 2.24) is 29.5 Å². The maximum absolute atomic E-state index is 13.6. The number of amides is 1. The first-order valence-corrected chi connectivity index (χ1v) is 12.1. The number of hydrogen-bond donors (Lipinski definition) is 2. The Morgan fingerprint density at radius 3 is 2.42 bits per heavy atom. The van der Waals surface area contributed by atoms with Gasteiger partial charge in [0.1, 0.15) is 5.69 Å². The molecule has 0 spiro atoms. The van der Waals surface area contributed by atoms with Crippen LogP contribution in [-0.4, -0.2) is 35.4 Å². The lowest BCUT2D eigenvalue weighted by atomic mass is 10.1. The number of halogens is 3. The molecule has 0 saturated carbocycles. The first-order chi connectivity index (χ1) is 19.1. The molecule has 3 heterocycles. The van der Waals surface area contributed by atoms with Gasteiger partial charge < -0.3 is 15.2 Å². The van der Waals surface area contributed by atoms with E-state index in [1.54, 1.807) is 56.0 Å². The van der Waals surface area contributed by atoms with E-state index in [1.165, 1.54) is 17.0 Å². The number of carbonyl (C=O) groups is 1. The molecule has 2 N–H and O–H groups in total. The van der Waals surface area contributed by atoms with Crippen molar-refractivity contribution in [3.05, 3.63) is 102 Å². The molecule has 1 amide bonds. The van der Waals surface area contributed by atoms with Crippen molar-refractivity contribution in [3.63, 3.8) is 0 Å². The van der Waals surface area contributed by atoms with E-state index in [4.69, 9.17) is 0 Å². The predicted molar refractivity (Wildman–Crippen MR) is 144 cm³/mol. The van der Waals surface area contributed by atoms with E-state index in [0.717, 1.165) is 17.7 Å². The highest BCUT2D eigenvalue weighted by Gasteiger charge is 2.31. The van der Waals surface area contributed by atoms with Gasteiger partial charge in [0, 0.05) is 47.4 Å². The monoisotopic (exact) mass is 544 g/mol. The molecule has 0 atom stereocenters. The van der Waals surface area contributed by atoms with Crippen LogP contribution in [0.2, 0.25) is 0 Å². The lowest BCUT2D eigenvalue weighted by Gasteiger charge is -2.14. The zero-order valence-corrected chi connectivity index (χ0v) is 21.7. The number of rotatable bonds is 6. The van der Waals surface area contributed by atoms with Crippen molar-refractivity contribution in [1.29, 1.82) is 0 Å². The number of aryl methyl sites for hydroxylation is 3. The summed E-state index contributed by atoms with van der Waals surface area (Å²) in [5.74, 6) is -0.304. The van der Waals surface area contributed by atoms with E-state index in [9.17, 15) is 18.0 Å². The lowest BCUT2D eigenvalue weighted by molar-refractivity contribution is -0.137. The SMILES string of the molecule is Cc1cn(-c2cc(NC(=O)c3ccc(C)c(Nc4nccc(-c5nccnc5C)n4)c3)cc(C(F)(F)F)c2)cn1. The van der Waals surface area contributed by atoms with E-state index in [-0.39, 0.29) is 22.9 Å². The summed E-state index contributed by atoms with van der Waals surface area (Å²) < 4.78 is 42.3. The molecule has 9 nitrogen and oxygen atoms in total. The number of carbonyl (C=O) groups excluding carboxylic acids is 1. The molecule has 40 heavy (non-hydrogen) atoms. The smallest absolute Gasteiger partial charge is 0.324 e. The van der Waals surface area contributed by atoms with E-state index >= 15 is 0 Å². The third-order valence-corrected chi connectivity index (χ3v) is 6.04. The topological polar surface area (TPSA) is 111 Å². The Morgan fingerprint density at radius 2 is 1.70 bits per heavy atom. The van der Waals surface area contributed by atoms with Crippen molar-refractivity contribution in [3.8, 4) is 17.1 Å². The molecular weight excluding hydrogens is 521 g/mol. The summed E-state index contributed by atoms with van der Waals surface area (Å²) in [6.45, 7) is 5.40. The van der Waals surface area contributed by atoms with Crippen molar-refractivity contribution >= 4 is 23.2 Å². The van der Waals surface area contributed by atoms with Crippen molar-refractivity contribution in [2.45, 2.75) is 26.9 Å². The molecule has 2 aromatic carbocycles. The second-order valence-electron chi connectivity index (χ2n) is 9.05. The van der Waals surface area contributed by atoms with Crippen LogP contribution in [0.3, 0.4) is 0 Å². The minimum Gasteiger partial charge on any atom is -0.324 e. The molecule has 3 aromatic heterocycles. The number of benzene rings is 2. The Balaban J connectivity index is 1.41. The largest absolute Gasteiger partial charge is 0.416 e. The zero-order valence-electron chi connectivity index (χ0n) is 21.7. The van der Waals surface area contributed by atoms with Gasteiger partial charge in [0.15, 0.2) is 0 Å². The fraction of sp³-hybridized carbons (Fsp3) is 0.143. The number of nitrogens with zero attached hydrogens (tertiary/aromatic N) is 6. The molecule has 0 bridgehead atoms. The fourth-order valence-electron chi connectivity index (χ4n) is 3.99. The number of alkyl halides is 3. The first-order valence-electron chi connectivity index (χ1n) is 12.1. The number of aromatic nitrogens is 6. The van der Waals surface area contributed by atoms with Gasteiger partial charge in [0.2, 0.25) is 5.95 Å². The van der Waals surface area contributed by atoms with Gasteiger partial charge in [-0.05, 0) is 62.7 Å². The Hall–Kier alpha value is -5.13. The van der Waals surface area contributed by atoms with E-state index in [0.29, 0.717) is 28.5 Å². The quantitative estimate of drug-likeness (QED) is 0.267. The molecule has 202 valence electrons. The second-order valence-corrected chi connectivity index (χ2v) is 9.05. The van der Waals surface area contributed by atoms with Crippen LogP contribution in [0.4, 0.5) is 30.5 Å². The van der Waals surface area contributed by atoms with Gasteiger partial charge in [0.25, 0.3) is 5.91 Å². The van der Waals surface area contributed by atoms with Crippen LogP contribution in [0.25, 0.3) is 17.1 Å². The summed E-state index contributed by atoms with van der Waals surface area (Å²) in [5, 5.41) is 5.70. The van der Waals surface area contributed by atoms with Gasteiger partial charge in [-0.2, -0.15) is 13.2 Å². The summed E-state index contributed by atoms with van der Waals surface area (Å²) >= 11 is 0. The minimum absolute atomic E-state index is 0.00774. The Bertz CT molecular complexity index is 1710. The molecular formula is C28H23F3N8O. The number of nitrogens with one attached hydrogen (secondary N) is 2. The maximum atomic E-state index is 13.6. The highest BCUT2D eigenvalue weighted by molar-refractivity contribution is 6.05. The molecule has 12 heteroatoms. The molecule has 0 aliphatic carbocycles. The predicted octanol–water partition coefficient (Wildman–Crippen LogP) is 6.06. The standard InChI is InChI=1S/C28H23F3N8O/c1-16-4-5-19(10-24(16)38-27-34-7-6-23(37-27)25-18(3)32-8-9-33-25)26(40)36-21-11-20(28(29,30)31)12-22(13-21)39-14-17(2)35-15-39/h4-15H,1-3H3,(H,36,40)(H,34,37,38). The normalized spacial score (nSPS) is 11.3. The highest BCUT2D eigenvalue weighted by Crippen LogP contribution is 2.33. The average molecular weight is 545 g/mol. The lowest BCUT2D eigenvalue weighted by Crippen LogP contribution is -2.14. The van der Waals surface area contributed by atoms with Gasteiger partial charge in [0.05, 0.1) is 29.0 Å². The highest BCUT2D eigenvalue weighted by atomic mass is 19.4. The minimum atomic E-state index is -4.61. The van der Waals surface area contributed by atoms with Crippen LogP contribution in [0.1, 0.15) is 32.9 Å². The number of anilines is 3. The Morgan fingerprint density at radius 1 is 0.900 bits per heavy atom. The van der Waals surface area contributed by atoms with Crippen LogP contribution in [0.15, 0.2) is 73.6 Å². The summed E-state index contributed by atoms with van der Waals surface area (Å²) in [6.07, 6.45) is 3.16. The van der Waals surface area contributed by atoms with Crippen LogP contribution in [-0.2, 0) is 6.18 Å². The number of imidazole rings is 1. The summed E-state index contributed by atoms with van der Waals surface area (Å²) in [6, 6.07) is 9.96. The van der Waals surface area contributed by atoms with Gasteiger partial charge in [-0.1, -0.05) is 6.07 Å². The molecule has 0 fully saturated rings. The molecule has 0 aliphatic heterocycles. The number of hydrogen-bond acceptors (Lipinski definition) is 7. The summed E-state index contributed by atoms with van der Waals surface area (Å²) in [7, 11) is 0. The molecule has 0 saturated heterocycles.